The van der Waals surface area contributed by atoms with E-state index < -0.39 is 0 Å². The highest BCUT2D eigenvalue weighted by molar-refractivity contribution is 7.20. The fourth-order valence-corrected chi connectivity index (χ4v) is 4.81. The Labute approximate surface area is 166 Å². The summed E-state index contributed by atoms with van der Waals surface area (Å²) in [7, 11) is 0. The third-order valence-corrected chi connectivity index (χ3v) is 6.25. The minimum absolute atomic E-state index is 0.111. The molecule has 0 amide bonds. The zero-order chi connectivity index (χ0) is 19.1. The number of aromatic nitrogens is 3. The molecule has 2 aromatic heterocycles. The van der Waals surface area contributed by atoms with Crippen LogP contribution in [-0.4, -0.2) is 45.7 Å². The van der Waals surface area contributed by atoms with Gasteiger partial charge < -0.3 is 4.90 Å². The fraction of sp³-hybridized carbons (Fsp3) is 0.286. The van der Waals surface area contributed by atoms with Crippen molar-refractivity contribution in [2.24, 2.45) is 0 Å². The molecule has 0 radical (unpaired) electrons. The average molecular weight is 392 g/mol. The Kier molecular flexibility index (Phi) is 4.33. The maximum atomic E-state index is 12.1. The van der Waals surface area contributed by atoms with Gasteiger partial charge in [0.15, 0.2) is 0 Å². The highest BCUT2D eigenvalue weighted by Gasteiger charge is 2.21. The number of aryl methyl sites for hydroxylation is 1. The molecular formula is C21H21N5OS. The van der Waals surface area contributed by atoms with Crippen LogP contribution >= 0.6 is 11.3 Å². The minimum Gasteiger partial charge on any atom is -0.344 e. The van der Waals surface area contributed by atoms with Crippen LogP contribution in [0.1, 0.15) is 11.3 Å². The van der Waals surface area contributed by atoms with Gasteiger partial charge >= 0.3 is 0 Å². The summed E-state index contributed by atoms with van der Waals surface area (Å²) >= 11 is 1.49. The maximum Gasteiger partial charge on any atom is 0.275 e. The van der Waals surface area contributed by atoms with Crippen LogP contribution in [-0.2, 0) is 6.54 Å². The van der Waals surface area contributed by atoms with Crippen LogP contribution < -0.4 is 10.5 Å². The molecule has 1 saturated heterocycles. The molecule has 1 aliphatic heterocycles. The summed E-state index contributed by atoms with van der Waals surface area (Å²) in [5, 5.41) is 8.00. The summed E-state index contributed by atoms with van der Waals surface area (Å²) in [6.45, 7) is 6.54. The van der Waals surface area contributed by atoms with Gasteiger partial charge in [-0.15, -0.1) is 5.10 Å². The molecule has 1 fully saturated rings. The van der Waals surface area contributed by atoms with Gasteiger partial charge in [0.2, 0.25) is 10.1 Å². The Morgan fingerprint density at radius 3 is 2.68 bits per heavy atom. The van der Waals surface area contributed by atoms with Crippen molar-refractivity contribution >= 4 is 32.2 Å². The molecule has 0 atom stereocenters. The van der Waals surface area contributed by atoms with Gasteiger partial charge in [-0.05, 0) is 23.3 Å². The fourth-order valence-electron chi connectivity index (χ4n) is 3.81. The summed E-state index contributed by atoms with van der Waals surface area (Å²) in [5.74, 6) is 0. The standard InChI is InChI=1S/C21H21N5OS/c1-15-13-19(27)26-20(22-15)28-21(23-26)25-11-9-24(10-12-25)14-17-7-4-6-16-5-2-3-8-18(16)17/h2-8,13H,9-12,14H2,1H3. The van der Waals surface area contributed by atoms with Gasteiger partial charge in [-0.1, -0.05) is 53.8 Å². The Bertz CT molecular complexity index is 1200. The van der Waals surface area contributed by atoms with Gasteiger partial charge in [0.1, 0.15) is 0 Å². The molecule has 4 aromatic rings. The molecule has 0 N–H and O–H groups in total. The predicted octanol–water partition coefficient (Wildman–Crippen LogP) is 2.93. The first-order valence-electron chi connectivity index (χ1n) is 9.49. The largest absolute Gasteiger partial charge is 0.344 e. The van der Waals surface area contributed by atoms with E-state index in [-0.39, 0.29) is 5.56 Å². The lowest BCUT2D eigenvalue weighted by atomic mass is 10.0. The lowest BCUT2D eigenvalue weighted by Crippen LogP contribution is -2.46. The number of hydrogen-bond acceptors (Lipinski definition) is 6. The molecule has 7 heteroatoms. The van der Waals surface area contributed by atoms with Gasteiger partial charge in [-0.2, -0.15) is 4.52 Å². The number of piperazine rings is 1. The van der Waals surface area contributed by atoms with E-state index in [1.54, 1.807) is 0 Å². The van der Waals surface area contributed by atoms with Crippen LogP contribution in [0.4, 0.5) is 5.13 Å². The van der Waals surface area contributed by atoms with Gasteiger partial charge in [0.05, 0.1) is 0 Å². The van der Waals surface area contributed by atoms with Gasteiger partial charge in [-0.25, -0.2) is 4.98 Å². The second-order valence-corrected chi connectivity index (χ2v) is 8.15. The quantitative estimate of drug-likeness (QED) is 0.537. The lowest BCUT2D eigenvalue weighted by Gasteiger charge is -2.34. The number of rotatable bonds is 3. The van der Waals surface area contributed by atoms with E-state index in [4.69, 9.17) is 0 Å². The predicted molar refractivity (Wildman–Crippen MR) is 113 cm³/mol. The second-order valence-electron chi connectivity index (χ2n) is 7.22. The normalized spacial score (nSPS) is 15.5. The molecule has 6 nitrogen and oxygen atoms in total. The van der Waals surface area contributed by atoms with Crippen molar-refractivity contribution in [1.82, 2.24) is 19.5 Å². The van der Waals surface area contributed by atoms with Crippen LogP contribution in [0.3, 0.4) is 0 Å². The molecule has 142 valence electrons. The molecule has 0 unspecified atom stereocenters. The first kappa shape index (κ1) is 17.3. The second kappa shape index (κ2) is 7.00. The van der Waals surface area contributed by atoms with Gasteiger partial charge in [0, 0.05) is 44.5 Å². The van der Waals surface area contributed by atoms with Crippen LogP contribution in [0.15, 0.2) is 53.3 Å². The molecular weight excluding hydrogens is 370 g/mol. The summed E-state index contributed by atoms with van der Waals surface area (Å²) in [6.07, 6.45) is 0. The number of hydrogen-bond donors (Lipinski definition) is 0. The monoisotopic (exact) mass is 391 g/mol. The van der Waals surface area contributed by atoms with Crippen molar-refractivity contribution < 1.29 is 0 Å². The van der Waals surface area contributed by atoms with E-state index in [1.807, 2.05) is 6.92 Å². The first-order valence-corrected chi connectivity index (χ1v) is 10.3. The topological polar surface area (TPSA) is 53.7 Å². The summed E-state index contributed by atoms with van der Waals surface area (Å²) < 4.78 is 1.41. The van der Waals surface area contributed by atoms with Crippen molar-refractivity contribution in [3.8, 4) is 0 Å². The molecule has 28 heavy (non-hydrogen) atoms. The zero-order valence-corrected chi connectivity index (χ0v) is 16.5. The lowest BCUT2D eigenvalue weighted by molar-refractivity contribution is 0.250. The van der Waals surface area contributed by atoms with E-state index in [9.17, 15) is 4.79 Å². The Morgan fingerprint density at radius 2 is 1.82 bits per heavy atom. The van der Waals surface area contributed by atoms with Crippen LogP contribution in [0.2, 0.25) is 0 Å². The molecule has 0 spiro atoms. The molecule has 0 saturated carbocycles. The van der Waals surface area contributed by atoms with Crippen LogP contribution in [0.25, 0.3) is 15.7 Å². The third kappa shape index (κ3) is 3.16. The molecule has 1 aliphatic rings. The Hall–Kier alpha value is -2.77. The van der Waals surface area contributed by atoms with E-state index in [0.29, 0.717) is 4.96 Å². The SMILES string of the molecule is Cc1cc(=O)n2nc(N3CCN(Cc4cccc5ccccc45)CC3)sc2n1. The summed E-state index contributed by atoms with van der Waals surface area (Å²) in [4.78, 5) is 21.9. The number of anilines is 1. The third-order valence-electron chi connectivity index (χ3n) is 5.28. The minimum atomic E-state index is -0.111. The number of nitrogens with zero attached hydrogens (tertiary/aromatic N) is 5. The van der Waals surface area contributed by atoms with Crippen molar-refractivity contribution in [2.45, 2.75) is 13.5 Å². The number of benzene rings is 2. The highest BCUT2D eigenvalue weighted by atomic mass is 32.1. The number of fused-ring (bicyclic) bond motifs is 2. The van der Waals surface area contributed by atoms with Crippen molar-refractivity contribution in [2.75, 3.05) is 31.1 Å². The first-order chi connectivity index (χ1) is 13.7. The highest BCUT2D eigenvalue weighted by Crippen LogP contribution is 2.24. The van der Waals surface area contributed by atoms with E-state index in [1.165, 1.54) is 38.3 Å². The zero-order valence-electron chi connectivity index (χ0n) is 15.7. The van der Waals surface area contributed by atoms with Gasteiger partial charge in [0.25, 0.3) is 5.56 Å². The maximum absolute atomic E-state index is 12.1. The van der Waals surface area contributed by atoms with Crippen molar-refractivity contribution in [3.63, 3.8) is 0 Å². The van der Waals surface area contributed by atoms with E-state index >= 15 is 0 Å². The Morgan fingerprint density at radius 1 is 1.04 bits per heavy atom. The van der Waals surface area contributed by atoms with E-state index in [0.717, 1.165) is 43.5 Å². The molecule has 0 bridgehead atoms. The molecule has 0 aliphatic carbocycles. The summed E-state index contributed by atoms with van der Waals surface area (Å²) in [6, 6.07) is 16.6. The molecule has 2 aromatic carbocycles. The van der Waals surface area contributed by atoms with Crippen molar-refractivity contribution in [3.05, 3.63) is 70.1 Å². The van der Waals surface area contributed by atoms with Crippen LogP contribution in [0, 0.1) is 6.92 Å². The van der Waals surface area contributed by atoms with Crippen LogP contribution in [0.5, 0.6) is 0 Å². The van der Waals surface area contributed by atoms with Crippen molar-refractivity contribution in [1.29, 1.82) is 0 Å². The molecule has 5 rings (SSSR count). The van der Waals surface area contributed by atoms with E-state index in [2.05, 4.69) is 62.3 Å². The smallest absolute Gasteiger partial charge is 0.275 e. The average Bonchev–Trinajstić information content (AvgIpc) is 3.13. The summed E-state index contributed by atoms with van der Waals surface area (Å²) in [5.41, 5.74) is 2.00. The van der Waals surface area contributed by atoms with Gasteiger partial charge in [-0.3, -0.25) is 9.69 Å². The Balaban J connectivity index is 1.31. The molecule has 3 heterocycles.